The minimum Gasteiger partial charge on any atom is -0.310 e. The van der Waals surface area contributed by atoms with Crippen molar-refractivity contribution in [3.63, 3.8) is 0 Å². The van der Waals surface area contributed by atoms with Gasteiger partial charge in [-0.25, -0.2) is 0 Å². The topological polar surface area (TPSA) is 24.5 Å². The Morgan fingerprint density at radius 2 is 0.462 bits per heavy atom. The van der Waals surface area contributed by atoms with E-state index in [0.717, 1.165) is 62.6 Å². The fourth-order valence-corrected chi connectivity index (χ4v) is 19.3. The van der Waals surface area contributed by atoms with Gasteiger partial charge in [-0.05, 0) is 253 Å². The predicted octanol–water partition coefficient (Wildman–Crippen LogP) is 34.4. The van der Waals surface area contributed by atoms with Gasteiger partial charge >= 0.3 is 0 Å². The van der Waals surface area contributed by atoms with E-state index < -0.39 is 0 Å². The molecule has 0 spiro atoms. The molecule has 22 aromatic carbocycles. The molecule has 0 unspecified atom stereocenters. The lowest BCUT2D eigenvalue weighted by molar-refractivity contribution is 1.17. The smallest absolute Gasteiger partial charge is 0.0782 e. The van der Waals surface area contributed by atoms with E-state index in [-0.39, 0.29) is 0 Å². The Bertz CT molecular complexity index is 8250. The molecular formula is C124H86N6. The van der Waals surface area contributed by atoms with Crippen LogP contribution in [-0.2, 0) is 0 Å². The summed E-state index contributed by atoms with van der Waals surface area (Å²) in [6.45, 7) is 0. The molecule has 6 nitrogen and oxygen atoms in total. The molecule has 3 heterocycles. The third kappa shape index (κ3) is 14.5. The average molecular weight is 1660 g/mol. The number of aromatic nitrogens is 3. The molecule has 0 bridgehead atoms. The Kier molecular flexibility index (Phi) is 20.2. The summed E-state index contributed by atoms with van der Waals surface area (Å²) in [6, 6.07) is 188. The Labute approximate surface area is 755 Å². The molecule has 6 heteroatoms. The number of rotatable bonds is 15. The van der Waals surface area contributed by atoms with Crippen LogP contribution in [0.2, 0.25) is 0 Å². The van der Waals surface area contributed by atoms with Gasteiger partial charge in [0.1, 0.15) is 0 Å². The summed E-state index contributed by atoms with van der Waals surface area (Å²) in [4.78, 5) is 7.05. The van der Waals surface area contributed by atoms with E-state index >= 15 is 0 Å². The van der Waals surface area contributed by atoms with Crippen molar-refractivity contribution in [2.45, 2.75) is 0 Å². The largest absolute Gasteiger partial charge is 0.310 e. The maximum absolute atomic E-state index is 2.47. The highest BCUT2D eigenvalue weighted by Gasteiger charge is 2.26. The molecule has 0 aliphatic rings. The molecule has 0 N–H and O–H groups in total. The maximum atomic E-state index is 2.47. The zero-order valence-corrected chi connectivity index (χ0v) is 71.3. The summed E-state index contributed by atoms with van der Waals surface area (Å²) in [7, 11) is 0. The van der Waals surface area contributed by atoms with Crippen molar-refractivity contribution >= 4 is 160 Å². The number of para-hydroxylation sites is 7. The highest BCUT2D eigenvalue weighted by atomic mass is 15.2. The maximum Gasteiger partial charge on any atom is 0.0782 e. The van der Waals surface area contributed by atoms with Crippen molar-refractivity contribution in [2.24, 2.45) is 0 Å². The van der Waals surface area contributed by atoms with Crippen LogP contribution in [0.4, 0.5) is 51.2 Å². The Hall–Kier alpha value is -17.3. The van der Waals surface area contributed by atoms with Crippen LogP contribution in [0, 0.1) is 0 Å². The highest BCUT2D eigenvalue weighted by molar-refractivity contribution is 6.19. The molecule has 0 radical (unpaired) electrons. The molecule has 0 atom stereocenters. The van der Waals surface area contributed by atoms with Crippen molar-refractivity contribution < 1.29 is 0 Å². The second kappa shape index (κ2) is 34.0. The van der Waals surface area contributed by atoms with Crippen molar-refractivity contribution in [3.8, 4) is 50.4 Å². The Morgan fingerprint density at radius 1 is 0.138 bits per heavy atom. The molecule has 612 valence electrons. The first-order valence-corrected chi connectivity index (χ1v) is 44.5. The lowest BCUT2D eigenvalue weighted by atomic mass is 9.98. The van der Waals surface area contributed by atoms with Crippen LogP contribution < -0.4 is 14.7 Å². The van der Waals surface area contributed by atoms with E-state index in [1.54, 1.807) is 0 Å². The summed E-state index contributed by atoms with van der Waals surface area (Å²) < 4.78 is 7.35. The third-order valence-corrected chi connectivity index (χ3v) is 25.3. The second-order valence-corrected chi connectivity index (χ2v) is 33.2. The third-order valence-electron chi connectivity index (χ3n) is 25.3. The lowest BCUT2D eigenvalue weighted by Crippen LogP contribution is -2.11. The van der Waals surface area contributed by atoms with Crippen LogP contribution in [-0.4, -0.2) is 13.7 Å². The van der Waals surface area contributed by atoms with Crippen LogP contribution in [0.5, 0.6) is 0 Å². The molecule has 0 saturated carbocycles. The van der Waals surface area contributed by atoms with E-state index in [4.69, 9.17) is 0 Å². The number of benzene rings is 22. The molecule has 25 rings (SSSR count). The van der Waals surface area contributed by atoms with Gasteiger partial charge in [-0.15, -0.1) is 0 Å². The fourth-order valence-electron chi connectivity index (χ4n) is 19.3. The van der Waals surface area contributed by atoms with E-state index in [0.29, 0.717) is 0 Å². The summed E-state index contributed by atoms with van der Waals surface area (Å²) in [5.74, 6) is 0. The number of fused-ring (bicyclic) bond motifs is 13. The fraction of sp³-hybridized carbons (Fsp3) is 0. The minimum absolute atomic E-state index is 1.11. The van der Waals surface area contributed by atoms with Crippen LogP contribution in [0.25, 0.3) is 159 Å². The van der Waals surface area contributed by atoms with Crippen molar-refractivity contribution in [3.05, 3.63) is 522 Å². The second-order valence-electron chi connectivity index (χ2n) is 33.2. The molecule has 0 amide bonds. The first-order valence-electron chi connectivity index (χ1n) is 44.5. The van der Waals surface area contributed by atoms with Crippen molar-refractivity contribution in [1.82, 2.24) is 13.7 Å². The first kappa shape index (κ1) is 77.5. The summed E-state index contributed by atoms with van der Waals surface area (Å²) in [5, 5.41) is 17.4. The van der Waals surface area contributed by atoms with E-state index in [2.05, 4.69) is 550 Å². The number of hydrogen-bond donors (Lipinski definition) is 0. The van der Waals surface area contributed by atoms with Gasteiger partial charge < -0.3 is 28.4 Å². The van der Waals surface area contributed by atoms with E-state index in [9.17, 15) is 0 Å². The van der Waals surface area contributed by atoms with Crippen LogP contribution >= 0.6 is 0 Å². The Balaban J connectivity index is 0.000000112. The summed E-state index contributed by atoms with van der Waals surface area (Å²) in [5.41, 5.74) is 28.0. The quantitative estimate of drug-likeness (QED) is 0.102. The van der Waals surface area contributed by atoms with Crippen molar-refractivity contribution in [1.29, 1.82) is 0 Å². The lowest BCUT2D eigenvalue weighted by Gasteiger charge is -2.27. The van der Waals surface area contributed by atoms with E-state index in [1.165, 1.54) is 148 Å². The molecule has 3 aromatic heterocycles. The van der Waals surface area contributed by atoms with Gasteiger partial charge in [0.15, 0.2) is 0 Å². The van der Waals surface area contributed by atoms with Gasteiger partial charge in [0, 0.05) is 94.6 Å². The van der Waals surface area contributed by atoms with Crippen LogP contribution in [0.3, 0.4) is 0 Å². The number of anilines is 9. The molecule has 25 aromatic rings. The molecule has 130 heavy (non-hydrogen) atoms. The van der Waals surface area contributed by atoms with Crippen molar-refractivity contribution in [2.75, 3.05) is 14.7 Å². The normalized spacial score (nSPS) is 11.4. The van der Waals surface area contributed by atoms with Crippen LogP contribution in [0.1, 0.15) is 0 Å². The van der Waals surface area contributed by atoms with Gasteiger partial charge in [0.2, 0.25) is 0 Å². The number of nitrogens with zero attached hydrogens (tertiary/aromatic N) is 6. The van der Waals surface area contributed by atoms with Gasteiger partial charge in [-0.1, -0.05) is 340 Å². The molecule has 0 fully saturated rings. The minimum atomic E-state index is 1.11. The predicted molar refractivity (Wildman–Crippen MR) is 553 cm³/mol. The molecule has 0 saturated heterocycles. The SMILES string of the molecule is c1ccc(-c2cc(-c3ccccc3)cc(-n3c4cc(N(c5ccccc5)c5ccccc5)ccc4c4cc5ccccc5cc43)c2)cc1.c1ccc(-c2ccc(-n3c4cc5ccccc5cc4c4cccc(N(c5ccccc5)c5ccccc5)c43)cc2)cc1.c1ccc(N(c2ccccc2)c2ccc3c(c2)c2cc4ccccc4cc2n3-c2cccc3ccccc23)cc1. The summed E-state index contributed by atoms with van der Waals surface area (Å²) in [6.07, 6.45) is 0. The van der Waals surface area contributed by atoms with Crippen LogP contribution in [0.15, 0.2) is 522 Å². The Morgan fingerprint density at radius 3 is 0.931 bits per heavy atom. The van der Waals surface area contributed by atoms with Gasteiger partial charge in [-0.3, -0.25) is 0 Å². The monoisotopic (exact) mass is 1660 g/mol. The standard InChI is InChI=1S/C46H32N2.C40H28N2.C38H26N2/c1-5-15-33(16-6-1)37-27-38(34-17-7-2-8-18-34)29-42(28-37)48-45-31-36-20-14-13-19-35(36)30-44(45)43-26-25-41(32-46(43)48)47(39-21-9-3-10-22-39)40-23-11-4-12-24-40;1-4-13-29(14-5-1)30-23-25-35(26-24-30)42-39-28-32-16-11-10-15-31(32)27-37(39)36-21-12-22-38(40(36)42)41(33-17-6-2-7-18-33)34-19-8-3-9-20-34;1-3-16-30(17-4-1)39(31-18-5-2-6-19-31)32-22-23-37-35(26-32)34-24-28-13-7-8-14-29(28)25-38(34)40(37)36-21-11-15-27-12-9-10-20-33(27)36/h1-32H;1-28H;1-26H. The van der Waals surface area contributed by atoms with E-state index in [1.807, 2.05) is 0 Å². The average Bonchev–Trinajstić information content (AvgIpc) is 1.62. The molecule has 0 aliphatic heterocycles. The van der Waals surface area contributed by atoms with Gasteiger partial charge in [0.05, 0.1) is 44.5 Å². The van der Waals surface area contributed by atoms with Gasteiger partial charge in [0.25, 0.3) is 0 Å². The summed E-state index contributed by atoms with van der Waals surface area (Å²) >= 11 is 0. The highest BCUT2D eigenvalue weighted by Crippen LogP contribution is 2.48. The number of hydrogen-bond acceptors (Lipinski definition) is 3. The molecular weight excluding hydrogens is 1570 g/mol. The van der Waals surface area contributed by atoms with Gasteiger partial charge in [-0.2, -0.15) is 0 Å². The zero-order valence-electron chi connectivity index (χ0n) is 71.3. The zero-order chi connectivity index (χ0) is 86.2. The molecule has 0 aliphatic carbocycles. The first-order chi connectivity index (χ1) is 64.5.